The number of hydrogen-bond donors (Lipinski definition) is 1. The second kappa shape index (κ2) is 6.59. The Morgan fingerprint density at radius 1 is 1.45 bits per heavy atom. The van der Waals surface area contributed by atoms with Gasteiger partial charge in [-0.25, -0.2) is 0 Å². The summed E-state index contributed by atoms with van der Waals surface area (Å²) in [7, 11) is 1.68. The molecule has 1 heterocycles. The number of carboxylic acid groups (broad SMARTS) is 1. The molecule has 0 aromatic carbocycles. The first-order valence-corrected chi connectivity index (χ1v) is 7.58. The SMILES string of the molecule is CC(C)C(C)(CC(=O)N(C)Cc1ccc(Cl)s1)C(=O)O. The molecular weight excluding hydrogens is 298 g/mol. The van der Waals surface area contributed by atoms with E-state index in [0.717, 1.165) is 4.88 Å². The van der Waals surface area contributed by atoms with Gasteiger partial charge in [-0.05, 0) is 25.0 Å². The van der Waals surface area contributed by atoms with Crippen molar-refractivity contribution in [2.45, 2.75) is 33.7 Å². The second-order valence-corrected chi connectivity index (χ2v) is 7.31. The lowest BCUT2D eigenvalue weighted by Crippen LogP contribution is -2.39. The summed E-state index contributed by atoms with van der Waals surface area (Å²) in [5.74, 6) is -1.23. The average molecular weight is 318 g/mol. The molecule has 1 rings (SSSR count). The third-order valence-electron chi connectivity index (χ3n) is 3.73. The van der Waals surface area contributed by atoms with Gasteiger partial charge in [0.25, 0.3) is 0 Å². The van der Waals surface area contributed by atoms with Crippen molar-refractivity contribution in [1.82, 2.24) is 4.90 Å². The zero-order valence-electron chi connectivity index (χ0n) is 12.1. The predicted molar refractivity (Wildman–Crippen MR) is 81.0 cm³/mol. The van der Waals surface area contributed by atoms with Crippen LogP contribution in [0.25, 0.3) is 0 Å². The summed E-state index contributed by atoms with van der Waals surface area (Å²) in [6.45, 7) is 5.71. The molecule has 1 atom stereocenters. The minimum absolute atomic E-state index is 0.00436. The van der Waals surface area contributed by atoms with Crippen LogP contribution < -0.4 is 0 Å². The fraction of sp³-hybridized carbons (Fsp3) is 0.571. The smallest absolute Gasteiger partial charge is 0.310 e. The molecule has 0 fully saturated rings. The van der Waals surface area contributed by atoms with Gasteiger partial charge < -0.3 is 10.0 Å². The lowest BCUT2D eigenvalue weighted by Gasteiger charge is -2.30. The molecule has 1 aromatic heterocycles. The maximum Gasteiger partial charge on any atom is 0.310 e. The molecule has 20 heavy (non-hydrogen) atoms. The van der Waals surface area contributed by atoms with E-state index in [9.17, 15) is 14.7 Å². The first kappa shape index (κ1) is 17.0. The maximum atomic E-state index is 12.2. The first-order valence-electron chi connectivity index (χ1n) is 6.38. The molecule has 0 radical (unpaired) electrons. The van der Waals surface area contributed by atoms with Gasteiger partial charge in [-0.3, -0.25) is 9.59 Å². The van der Waals surface area contributed by atoms with Gasteiger partial charge in [-0.1, -0.05) is 25.4 Å². The zero-order chi connectivity index (χ0) is 15.5. The Morgan fingerprint density at radius 3 is 2.45 bits per heavy atom. The zero-order valence-corrected chi connectivity index (χ0v) is 13.7. The highest BCUT2D eigenvalue weighted by Gasteiger charge is 2.39. The highest BCUT2D eigenvalue weighted by atomic mass is 35.5. The Kier molecular flexibility index (Phi) is 5.59. The van der Waals surface area contributed by atoms with Crippen molar-refractivity contribution in [1.29, 1.82) is 0 Å². The molecule has 1 amide bonds. The number of rotatable bonds is 6. The van der Waals surface area contributed by atoms with Crippen molar-refractivity contribution in [2.24, 2.45) is 11.3 Å². The number of carboxylic acids is 1. The average Bonchev–Trinajstić information content (AvgIpc) is 2.73. The number of thiophene rings is 1. The minimum Gasteiger partial charge on any atom is -0.481 e. The van der Waals surface area contributed by atoms with Gasteiger partial charge >= 0.3 is 5.97 Å². The number of aliphatic carboxylic acids is 1. The lowest BCUT2D eigenvalue weighted by molar-refractivity contribution is -0.155. The van der Waals surface area contributed by atoms with E-state index in [1.807, 2.05) is 19.9 Å². The van der Waals surface area contributed by atoms with Crippen molar-refractivity contribution >= 4 is 34.8 Å². The Hall–Kier alpha value is -1.07. The molecule has 112 valence electrons. The quantitative estimate of drug-likeness (QED) is 0.873. The minimum atomic E-state index is -1.04. The molecule has 6 heteroatoms. The van der Waals surface area contributed by atoms with Crippen LogP contribution in [-0.2, 0) is 16.1 Å². The molecule has 0 aliphatic rings. The van der Waals surface area contributed by atoms with Crippen molar-refractivity contribution in [3.8, 4) is 0 Å². The van der Waals surface area contributed by atoms with Gasteiger partial charge in [-0.2, -0.15) is 0 Å². The van der Waals surface area contributed by atoms with Gasteiger partial charge in [-0.15, -0.1) is 11.3 Å². The molecule has 0 saturated heterocycles. The summed E-state index contributed by atoms with van der Waals surface area (Å²) >= 11 is 7.27. The largest absolute Gasteiger partial charge is 0.481 e. The van der Waals surface area contributed by atoms with Gasteiger partial charge in [0.15, 0.2) is 0 Å². The topological polar surface area (TPSA) is 57.6 Å². The number of carbonyl (C=O) groups excluding carboxylic acids is 1. The first-order chi connectivity index (χ1) is 9.16. The van der Waals surface area contributed by atoms with E-state index >= 15 is 0 Å². The molecule has 0 aliphatic heterocycles. The van der Waals surface area contributed by atoms with E-state index in [-0.39, 0.29) is 18.2 Å². The van der Waals surface area contributed by atoms with Crippen LogP contribution in [0.5, 0.6) is 0 Å². The van der Waals surface area contributed by atoms with Crippen molar-refractivity contribution in [3.63, 3.8) is 0 Å². The molecule has 1 unspecified atom stereocenters. The second-order valence-electron chi connectivity index (χ2n) is 5.51. The molecular formula is C14H20ClNO3S. The summed E-state index contributed by atoms with van der Waals surface area (Å²) in [6, 6.07) is 3.66. The third kappa shape index (κ3) is 3.96. The van der Waals surface area contributed by atoms with Crippen molar-refractivity contribution in [3.05, 3.63) is 21.3 Å². The summed E-state index contributed by atoms with van der Waals surface area (Å²) in [5.41, 5.74) is -1.04. The van der Waals surface area contributed by atoms with Crippen LogP contribution >= 0.6 is 22.9 Å². The Balaban J connectivity index is 2.72. The summed E-state index contributed by atoms with van der Waals surface area (Å²) < 4.78 is 0.679. The molecule has 0 aliphatic carbocycles. The van der Waals surface area contributed by atoms with E-state index in [1.165, 1.54) is 11.3 Å². The highest BCUT2D eigenvalue weighted by Crippen LogP contribution is 2.32. The van der Waals surface area contributed by atoms with Crippen LogP contribution in [0.3, 0.4) is 0 Å². The van der Waals surface area contributed by atoms with Crippen LogP contribution in [0.2, 0.25) is 4.34 Å². The lowest BCUT2D eigenvalue weighted by atomic mass is 9.76. The van der Waals surface area contributed by atoms with Crippen LogP contribution in [0.4, 0.5) is 0 Å². The standard InChI is InChI=1S/C14H20ClNO3S/c1-9(2)14(3,13(18)19)7-12(17)16(4)8-10-5-6-11(15)20-10/h5-6,9H,7-8H2,1-4H3,(H,18,19). The van der Waals surface area contributed by atoms with Crippen molar-refractivity contribution in [2.75, 3.05) is 7.05 Å². The highest BCUT2D eigenvalue weighted by molar-refractivity contribution is 7.16. The maximum absolute atomic E-state index is 12.2. The van der Waals surface area contributed by atoms with Crippen LogP contribution in [0.15, 0.2) is 12.1 Å². The third-order valence-corrected chi connectivity index (χ3v) is 4.94. The molecule has 0 bridgehead atoms. The Labute approximate surface area is 128 Å². The molecule has 1 N–H and O–H groups in total. The van der Waals surface area contributed by atoms with Crippen LogP contribution in [0, 0.1) is 11.3 Å². The van der Waals surface area contributed by atoms with Gasteiger partial charge in [0, 0.05) is 18.3 Å². The van der Waals surface area contributed by atoms with E-state index in [4.69, 9.17) is 11.6 Å². The van der Waals surface area contributed by atoms with E-state index in [2.05, 4.69) is 0 Å². The molecule has 1 aromatic rings. The number of nitrogens with zero attached hydrogens (tertiary/aromatic N) is 1. The molecule has 0 spiro atoms. The van der Waals surface area contributed by atoms with Gasteiger partial charge in [0.1, 0.15) is 0 Å². The van der Waals surface area contributed by atoms with Crippen LogP contribution in [-0.4, -0.2) is 28.9 Å². The molecule has 4 nitrogen and oxygen atoms in total. The fourth-order valence-electron chi connectivity index (χ4n) is 1.73. The monoisotopic (exact) mass is 317 g/mol. The fourth-order valence-corrected chi connectivity index (χ4v) is 2.88. The van der Waals surface area contributed by atoms with E-state index in [1.54, 1.807) is 24.9 Å². The van der Waals surface area contributed by atoms with Gasteiger partial charge in [0.2, 0.25) is 5.91 Å². The Morgan fingerprint density at radius 2 is 2.05 bits per heavy atom. The van der Waals surface area contributed by atoms with Crippen LogP contribution in [0.1, 0.15) is 32.1 Å². The number of amides is 1. The number of halogens is 1. The predicted octanol–water partition coefficient (Wildman–Crippen LogP) is 3.50. The summed E-state index contributed by atoms with van der Waals surface area (Å²) in [4.78, 5) is 26.1. The van der Waals surface area contributed by atoms with Crippen molar-refractivity contribution < 1.29 is 14.7 Å². The summed E-state index contributed by atoms with van der Waals surface area (Å²) in [5, 5.41) is 9.34. The normalized spacial score (nSPS) is 14.1. The van der Waals surface area contributed by atoms with E-state index in [0.29, 0.717) is 10.9 Å². The van der Waals surface area contributed by atoms with Gasteiger partial charge in [0.05, 0.1) is 16.3 Å². The van der Waals surface area contributed by atoms with E-state index < -0.39 is 11.4 Å². The Bertz CT molecular complexity index is 500. The molecule has 0 saturated carbocycles. The number of carbonyl (C=O) groups is 2. The summed E-state index contributed by atoms with van der Waals surface area (Å²) in [6.07, 6.45) is -0.00436. The number of hydrogen-bond acceptors (Lipinski definition) is 3.